The third-order valence-electron chi connectivity index (χ3n) is 7.34. The van der Waals surface area contributed by atoms with Crippen molar-refractivity contribution < 1.29 is 4.79 Å². The quantitative estimate of drug-likeness (QED) is 0.760. The lowest BCUT2D eigenvalue weighted by molar-refractivity contribution is -0.186. The SMILES string of the molecule is CCN1CCC(N2CCC3(CC2)C(=O)N(C(C)C)C3c2ccccc2)CC1. The highest BCUT2D eigenvalue weighted by Gasteiger charge is 2.62. The van der Waals surface area contributed by atoms with Gasteiger partial charge in [-0.3, -0.25) is 4.79 Å². The number of carbonyl (C=O) groups is 1. The van der Waals surface area contributed by atoms with E-state index < -0.39 is 0 Å². The molecule has 1 spiro atoms. The fraction of sp³-hybridized carbons (Fsp3) is 0.696. The molecule has 0 aliphatic carbocycles. The maximum Gasteiger partial charge on any atom is 0.232 e. The molecule has 3 aliphatic heterocycles. The van der Waals surface area contributed by atoms with Gasteiger partial charge in [-0.1, -0.05) is 37.3 Å². The van der Waals surface area contributed by atoms with Crippen LogP contribution in [0.1, 0.15) is 58.1 Å². The molecule has 0 radical (unpaired) electrons. The fourth-order valence-electron chi connectivity index (χ4n) is 5.72. The van der Waals surface area contributed by atoms with Crippen LogP contribution in [0.2, 0.25) is 0 Å². The van der Waals surface area contributed by atoms with Gasteiger partial charge in [0.05, 0.1) is 11.5 Å². The zero-order valence-corrected chi connectivity index (χ0v) is 17.2. The number of hydrogen-bond donors (Lipinski definition) is 0. The van der Waals surface area contributed by atoms with E-state index in [0.29, 0.717) is 5.91 Å². The summed E-state index contributed by atoms with van der Waals surface area (Å²) in [6, 6.07) is 12.0. The summed E-state index contributed by atoms with van der Waals surface area (Å²) in [5.41, 5.74) is 1.15. The number of benzene rings is 1. The molecule has 27 heavy (non-hydrogen) atoms. The van der Waals surface area contributed by atoms with Crippen LogP contribution in [-0.2, 0) is 4.79 Å². The number of β-lactam (4-membered cyclic amide) rings is 1. The topological polar surface area (TPSA) is 26.8 Å². The summed E-state index contributed by atoms with van der Waals surface area (Å²) in [5, 5.41) is 0. The Morgan fingerprint density at radius 1 is 1.04 bits per heavy atom. The molecule has 4 heteroatoms. The second kappa shape index (κ2) is 7.56. The van der Waals surface area contributed by atoms with Gasteiger partial charge in [0.25, 0.3) is 0 Å². The Morgan fingerprint density at radius 3 is 2.22 bits per heavy atom. The molecule has 1 amide bonds. The summed E-state index contributed by atoms with van der Waals surface area (Å²) in [5.74, 6) is 0.395. The number of rotatable bonds is 4. The Morgan fingerprint density at radius 2 is 1.67 bits per heavy atom. The number of hydrogen-bond acceptors (Lipinski definition) is 3. The van der Waals surface area contributed by atoms with E-state index in [4.69, 9.17) is 0 Å². The predicted octanol–water partition coefficient (Wildman–Crippen LogP) is 3.54. The van der Waals surface area contributed by atoms with Gasteiger partial charge in [-0.05, 0) is 77.8 Å². The number of nitrogens with zero attached hydrogens (tertiary/aromatic N) is 3. The molecule has 1 aromatic carbocycles. The van der Waals surface area contributed by atoms with E-state index in [1.54, 1.807) is 0 Å². The number of piperidine rings is 2. The summed E-state index contributed by atoms with van der Waals surface area (Å²) >= 11 is 0. The van der Waals surface area contributed by atoms with E-state index in [9.17, 15) is 4.79 Å². The minimum atomic E-state index is -0.160. The summed E-state index contributed by atoms with van der Waals surface area (Å²) in [6.45, 7) is 12.4. The van der Waals surface area contributed by atoms with Crippen LogP contribution in [0.5, 0.6) is 0 Å². The third kappa shape index (κ3) is 3.21. The Labute approximate surface area is 164 Å². The molecule has 4 nitrogen and oxygen atoms in total. The van der Waals surface area contributed by atoms with E-state index >= 15 is 0 Å². The summed E-state index contributed by atoms with van der Waals surface area (Å²) in [6.07, 6.45) is 4.61. The van der Waals surface area contributed by atoms with E-state index in [1.807, 2.05) is 0 Å². The highest BCUT2D eigenvalue weighted by atomic mass is 16.2. The fourth-order valence-corrected chi connectivity index (χ4v) is 5.72. The summed E-state index contributed by atoms with van der Waals surface area (Å²) in [7, 11) is 0. The van der Waals surface area contributed by atoms with Crippen LogP contribution in [0.3, 0.4) is 0 Å². The van der Waals surface area contributed by atoms with E-state index in [1.165, 1.54) is 38.0 Å². The molecule has 1 aromatic rings. The summed E-state index contributed by atoms with van der Waals surface area (Å²) in [4.78, 5) is 20.6. The first kappa shape index (κ1) is 18.9. The van der Waals surface area contributed by atoms with E-state index in [2.05, 4.69) is 65.8 Å². The van der Waals surface area contributed by atoms with Crippen molar-refractivity contribution in [3.8, 4) is 0 Å². The van der Waals surface area contributed by atoms with Crippen molar-refractivity contribution in [2.45, 2.75) is 64.6 Å². The molecule has 0 saturated carbocycles. The van der Waals surface area contributed by atoms with Crippen molar-refractivity contribution in [1.82, 2.24) is 14.7 Å². The van der Waals surface area contributed by atoms with Crippen LogP contribution in [0.4, 0.5) is 0 Å². The zero-order chi connectivity index (χ0) is 19.0. The Balaban J connectivity index is 1.47. The molecule has 4 rings (SSSR count). The van der Waals surface area contributed by atoms with Gasteiger partial charge < -0.3 is 14.7 Å². The minimum absolute atomic E-state index is 0.160. The Kier molecular flexibility index (Phi) is 5.30. The smallest absolute Gasteiger partial charge is 0.232 e. The van der Waals surface area contributed by atoms with Gasteiger partial charge in [0.15, 0.2) is 0 Å². The molecule has 3 aliphatic rings. The van der Waals surface area contributed by atoms with Crippen LogP contribution in [-0.4, -0.2) is 65.4 Å². The molecule has 3 heterocycles. The third-order valence-corrected chi connectivity index (χ3v) is 7.34. The first-order valence-corrected chi connectivity index (χ1v) is 10.9. The molecule has 3 fully saturated rings. The van der Waals surface area contributed by atoms with Crippen LogP contribution >= 0.6 is 0 Å². The van der Waals surface area contributed by atoms with E-state index in [-0.39, 0.29) is 17.5 Å². The van der Waals surface area contributed by atoms with Gasteiger partial charge in [-0.25, -0.2) is 0 Å². The lowest BCUT2D eigenvalue weighted by Gasteiger charge is -2.61. The highest BCUT2D eigenvalue weighted by Crippen LogP contribution is 2.57. The van der Waals surface area contributed by atoms with Gasteiger partial charge in [-0.15, -0.1) is 0 Å². The highest BCUT2D eigenvalue weighted by molar-refractivity contribution is 5.91. The molecule has 0 bridgehead atoms. The van der Waals surface area contributed by atoms with E-state index in [0.717, 1.165) is 32.0 Å². The maximum absolute atomic E-state index is 13.2. The van der Waals surface area contributed by atoms with Crippen molar-refractivity contribution in [1.29, 1.82) is 0 Å². The van der Waals surface area contributed by atoms with Crippen molar-refractivity contribution >= 4 is 5.91 Å². The largest absolute Gasteiger partial charge is 0.332 e. The average Bonchev–Trinajstić information content (AvgIpc) is 2.72. The molecule has 0 aromatic heterocycles. The molecule has 1 unspecified atom stereocenters. The van der Waals surface area contributed by atoms with Gasteiger partial charge in [0.2, 0.25) is 5.91 Å². The first-order chi connectivity index (χ1) is 13.1. The Bertz CT molecular complexity index is 643. The molecule has 1 atom stereocenters. The lowest BCUT2D eigenvalue weighted by Crippen LogP contribution is -2.68. The van der Waals surface area contributed by atoms with Gasteiger partial charge in [0, 0.05) is 12.1 Å². The average molecular weight is 370 g/mol. The number of amides is 1. The van der Waals surface area contributed by atoms with Crippen molar-refractivity contribution in [3.05, 3.63) is 35.9 Å². The zero-order valence-electron chi connectivity index (χ0n) is 17.2. The molecular weight excluding hydrogens is 334 g/mol. The van der Waals surface area contributed by atoms with Crippen molar-refractivity contribution in [2.75, 3.05) is 32.7 Å². The monoisotopic (exact) mass is 369 g/mol. The van der Waals surface area contributed by atoms with Crippen LogP contribution in [0.15, 0.2) is 30.3 Å². The second-order valence-corrected chi connectivity index (χ2v) is 8.98. The van der Waals surface area contributed by atoms with Crippen molar-refractivity contribution in [2.24, 2.45) is 5.41 Å². The van der Waals surface area contributed by atoms with Gasteiger partial charge in [-0.2, -0.15) is 0 Å². The summed E-state index contributed by atoms with van der Waals surface area (Å²) < 4.78 is 0. The van der Waals surface area contributed by atoms with Crippen LogP contribution in [0.25, 0.3) is 0 Å². The number of likely N-dealkylation sites (tertiary alicyclic amines) is 3. The van der Waals surface area contributed by atoms with Crippen molar-refractivity contribution in [3.63, 3.8) is 0 Å². The normalized spacial score (nSPS) is 27.3. The number of carbonyl (C=O) groups excluding carboxylic acids is 1. The van der Waals surface area contributed by atoms with Crippen LogP contribution in [0, 0.1) is 5.41 Å². The second-order valence-electron chi connectivity index (χ2n) is 8.98. The first-order valence-electron chi connectivity index (χ1n) is 10.9. The molecular formula is C23H35N3O. The predicted molar refractivity (Wildman–Crippen MR) is 110 cm³/mol. The minimum Gasteiger partial charge on any atom is -0.332 e. The molecule has 0 N–H and O–H groups in total. The Hall–Kier alpha value is -1.39. The van der Waals surface area contributed by atoms with Gasteiger partial charge in [0.1, 0.15) is 0 Å². The molecule has 148 valence electrons. The standard InChI is InChI=1S/C23H35N3O/c1-4-24-14-10-20(11-15-24)25-16-12-23(13-17-25)21(19-8-6-5-7-9-19)26(18(2)3)22(23)27/h5-9,18,20-21H,4,10-17H2,1-3H3. The maximum atomic E-state index is 13.2. The van der Waals surface area contributed by atoms with Gasteiger partial charge >= 0.3 is 0 Å². The molecule has 3 saturated heterocycles. The van der Waals surface area contributed by atoms with Crippen LogP contribution < -0.4 is 0 Å². The lowest BCUT2D eigenvalue weighted by atomic mass is 9.61.